The first kappa shape index (κ1) is 18.2. The van der Waals surface area contributed by atoms with Crippen molar-refractivity contribution < 1.29 is 9.68 Å². The lowest BCUT2D eigenvalue weighted by molar-refractivity contribution is 0.130. The summed E-state index contributed by atoms with van der Waals surface area (Å²) in [7, 11) is 1.53. The molecule has 0 heterocycles. The van der Waals surface area contributed by atoms with Crippen molar-refractivity contribution in [2.75, 3.05) is 7.11 Å². The second-order valence-electron chi connectivity index (χ2n) is 5.60. The second kappa shape index (κ2) is 8.65. The van der Waals surface area contributed by atoms with Crippen molar-refractivity contribution in [3.8, 4) is 6.07 Å². The Labute approximate surface area is 148 Å². The normalized spacial score (nSPS) is 11.8. The average Bonchev–Trinajstić information content (AvgIpc) is 2.63. The number of hydrogen-bond acceptors (Lipinski definition) is 5. The molecule has 5 heteroatoms. The number of aryl methyl sites for hydroxylation is 1. The van der Waals surface area contributed by atoms with Gasteiger partial charge in [-0.25, -0.2) is 0 Å². The summed E-state index contributed by atoms with van der Waals surface area (Å²) in [5.41, 5.74) is 6.05. The molecule has 0 saturated carbocycles. The Morgan fingerprint density at radius 3 is 2.56 bits per heavy atom. The van der Waals surface area contributed by atoms with Gasteiger partial charge in [-0.05, 0) is 38.5 Å². The molecule has 128 valence electrons. The lowest BCUT2D eigenvalue weighted by atomic mass is 10.00. The van der Waals surface area contributed by atoms with Crippen LogP contribution in [0.2, 0.25) is 0 Å². The Kier molecular flexibility index (Phi) is 6.30. The van der Waals surface area contributed by atoms with E-state index in [1.807, 2.05) is 51.1 Å². The van der Waals surface area contributed by atoms with E-state index in [2.05, 4.69) is 16.4 Å². The monoisotopic (exact) mass is 335 g/mol. The van der Waals surface area contributed by atoms with Crippen LogP contribution in [0.15, 0.2) is 52.8 Å². The molecular weight excluding hydrogens is 314 g/mol. The highest BCUT2D eigenvalue weighted by atomic mass is 16.6. The molecule has 0 bridgehead atoms. The molecule has 0 unspecified atom stereocenters. The number of benzene rings is 2. The van der Waals surface area contributed by atoms with Crippen LogP contribution in [-0.2, 0) is 16.3 Å². The minimum Gasteiger partial charge on any atom is -0.399 e. The average molecular weight is 335 g/mol. The van der Waals surface area contributed by atoms with Crippen molar-refractivity contribution in [3.05, 3.63) is 70.3 Å². The Morgan fingerprint density at radius 1 is 1.08 bits per heavy atom. The van der Waals surface area contributed by atoms with Crippen LogP contribution in [-0.4, -0.2) is 18.5 Å². The topological polar surface area (TPSA) is 67.0 Å². The minimum atomic E-state index is 0.327. The smallest absolute Gasteiger partial charge is 0.143 e. The van der Waals surface area contributed by atoms with Crippen molar-refractivity contribution in [1.82, 2.24) is 0 Å². The Hall–Kier alpha value is -3.13. The van der Waals surface area contributed by atoms with Gasteiger partial charge in [0.05, 0.1) is 23.1 Å². The summed E-state index contributed by atoms with van der Waals surface area (Å²) >= 11 is 0. The van der Waals surface area contributed by atoms with E-state index in [1.54, 1.807) is 12.1 Å². The number of oxime groups is 2. The zero-order valence-corrected chi connectivity index (χ0v) is 14.9. The number of rotatable bonds is 6. The maximum atomic E-state index is 8.98. The molecule has 0 spiro atoms. The molecule has 25 heavy (non-hydrogen) atoms. The van der Waals surface area contributed by atoms with Crippen LogP contribution in [0.1, 0.15) is 41.7 Å². The van der Waals surface area contributed by atoms with E-state index >= 15 is 0 Å². The van der Waals surface area contributed by atoms with Gasteiger partial charge in [-0.15, -0.1) is 0 Å². The highest BCUT2D eigenvalue weighted by Crippen LogP contribution is 2.17. The minimum absolute atomic E-state index is 0.327. The first-order valence-electron chi connectivity index (χ1n) is 7.90. The molecule has 5 nitrogen and oxygen atoms in total. The third-order valence-corrected chi connectivity index (χ3v) is 3.85. The second-order valence-corrected chi connectivity index (χ2v) is 5.60. The largest absolute Gasteiger partial charge is 0.399 e. The summed E-state index contributed by atoms with van der Waals surface area (Å²) in [4.78, 5) is 10.4. The van der Waals surface area contributed by atoms with E-state index in [1.165, 1.54) is 7.11 Å². The van der Waals surface area contributed by atoms with Crippen LogP contribution < -0.4 is 0 Å². The van der Waals surface area contributed by atoms with E-state index in [9.17, 15) is 0 Å². The van der Waals surface area contributed by atoms with Crippen LogP contribution in [0, 0.1) is 18.3 Å². The summed E-state index contributed by atoms with van der Waals surface area (Å²) in [6.45, 7) is 6.10. The highest BCUT2D eigenvalue weighted by Gasteiger charge is 2.10. The lowest BCUT2D eigenvalue weighted by Gasteiger charge is -2.11. The number of hydrogen-bond donors (Lipinski definition) is 0. The zero-order valence-electron chi connectivity index (χ0n) is 14.9. The fourth-order valence-electron chi connectivity index (χ4n) is 2.48. The van der Waals surface area contributed by atoms with Crippen molar-refractivity contribution in [3.63, 3.8) is 0 Å². The SMILES string of the molecule is CO/N=C(/C)c1cccc(C)c1CO/N=C(\C)c1cccc(C#N)c1. The summed E-state index contributed by atoms with van der Waals surface area (Å²) in [6, 6.07) is 15.4. The van der Waals surface area contributed by atoms with Gasteiger partial charge in [-0.1, -0.05) is 40.6 Å². The first-order valence-corrected chi connectivity index (χ1v) is 7.90. The Balaban J connectivity index is 2.19. The molecule has 0 saturated heterocycles. The van der Waals surface area contributed by atoms with E-state index in [4.69, 9.17) is 14.9 Å². The molecule has 0 aliphatic heterocycles. The third kappa shape index (κ3) is 4.67. The van der Waals surface area contributed by atoms with Gasteiger partial charge in [-0.3, -0.25) is 0 Å². The van der Waals surface area contributed by atoms with E-state index in [-0.39, 0.29) is 0 Å². The molecule has 2 aromatic rings. The van der Waals surface area contributed by atoms with E-state index in [0.717, 1.165) is 33.7 Å². The van der Waals surface area contributed by atoms with Gasteiger partial charge in [0.25, 0.3) is 0 Å². The van der Waals surface area contributed by atoms with Gasteiger partial charge in [-0.2, -0.15) is 5.26 Å². The Morgan fingerprint density at radius 2 is 1.84 bits per heavy atom. The quantitative estimate of drug-likeness (QED) is 0.587. The summed E-state index contributed by atoms with van der Waals surface area (Å²) in [5.74, 6) is 0. The van der Waals surface area contributed by atoms with Crippen molar-refractivity contribution in [2.24, 2.45) is 10.3 Å². The third-order valence-electron chi connectivity index (χ3n) is 3.85. The van der Waals surface area contributed by atoms with Crippen LogP contribution in [0.3, 0.4) is 0 Å². The maximum absolute atomic E-state index is 8.98. The van der Waals surface area contributed by atoms with Crippen molar-refractivity contribution in [1.29, 1.82) is 5.26 Å². The molecule has 0 aliphatic rings. The molecule has 2 aromatic carbocycles. The zero-order chi connectivity index (χ0) is 18.2. The molecule has 0 amide bonds. The standard InChI is InChI=1S/C20H21N3O2/c1-14-7-5-10-19(16(3)22-24-4)20(14)13-25-23-15(2)18-9-6-8-17(11-18)12-21/h5-11H,13H2,1-4H3/b22-16-,23-15+. The summed E-state index contributed by atoms with van der Waals surface area (Å²) < 4.78 is 0. The van der Waals surface area contributed by atoms with E-state index in [0.29, 0.717) is 12.2 Å². The van der Waals surface area contributed by atoms with Gasteiger partial charge in [0.2, 0.25) is 0 Å². The fraction of sp³-hybridized carbons (Fsp3) is 0.250. The maximum Gasteiger partial charge on any atom is 0.143 e. The number of nitrogens with zero attached hydrogens (tertiary/aromatic N) is 3. The molecule has 0 atom stereocenters. The van der Waals surface area contributed by atoms with Gasteiger partial charge < -0.3 is 9.68 Å². The molecule has 0 fully saturated rings. The predicted molar refractivity (Wildman–Crippen MR) is 98.6 cm³/mol. The van der Waals surface area contributed by atoms with Gasteiger partial charge >= 0.3 is 0 Å². The molecular formula is C20H21N3O2. The highest BCUT2D eigenvalue weighted by molar-refractivity contribution is 6.00. The molecule has 0 aromatic heterocycles. The van der Waals surface area contributed by atoms with Crippen molar-refractivity contribution in [2.45, 2.75) is 27.4 Å². The van der Waals surface area contributed by atoms with Crippen molar-refractivity contribution >= 4 is 11.4 Å². The first-order chi connectivity index (χ1) is 12.1. The van der Waals surface area contributed by atoms with Crippen LogP contribution >= 0.6 is 0 Å². The lowest BCUT2D eigenvalue weighted by Crippen LogP contribution is -2.05. The summed E-state index contributed by atoms with van der Waals surface area (Å²) in [5, 5.41) is 17.2. The number of nitriles is 1. The molecule has 0 aliphatic carbocycles. The summed E-state index contributed by atoms with van der Waals surface area (Å²) in [6.07, 6.45) is 0. The molecule has 0 radical (unpaired) electrons. The fourth-order valence-corrected chi connectivity index (χ4v) is 2.48. The van der Waals surface area contributed by atoms with Crippen LogP contribution in [0.5, 0.6) is 0 Å². The predicted octanol–water partition coefficient (Wildman–Crippen LogP) is 4.18. The van der Waals surface area contributed by atoms with Gasteiger partial charge in [0.15, 0.2) is 0 Å². The van der Waals surface area contributed by atoms with Gasteiger partial charge in [0.1, 0.15) is 13.7 Å². The van der Waals surface area contributed by atoms with Crippen LogP contribution in [0.4, 0.5) is 0 Å². The molecule has 0 N–H and O–H groups in total. The Bertz CT molecular complexity index is 848. The van der Waals surface area contributed by atoms with E-state index < -0.39 is 0 Å². The molecule has 2 rings (SSSR count). The van der Waals surface area contributed by atoms with Crippen LogP contribution in [0.25, 0.3) is 0 Å². The van der Waals surface area contributed by atoms with Gasteiger partial charge in [0, 0.05) is 16.7 Å².